The zero-order chi connectivity index (χ0) is 24.3. The molecule has 2 aliphatic rings. The number of rotatable bonds is 15. The number of hydrogen-bond acceptors (Lipinski definition) is 4. The molecule has 2 heterocycles. The van der Waals surface area contributed by atoms with E-state index in [2.05, 4.69) is 12.2 Å². The Morgan fingerprint density at radius 2 is 1.82 bits per heavy atom. The molecule has 1 unspecified atom stereocenters. The zero-order valence-electron chi connectivity index (χ0n) is 20.8. The molecule has 0 aliphatic carbocycles. The van der Waals surface area contributed by atoms with E-state index in [4.69, 9.17) is 14.8 Å². The van der Waals surface area contributed by atoms with Gasteiger partial charge in [-0.05, 0) is 69.3 Å². The maximum atomic E-state index is 12.6. The molecule has 0 amide bonds. The zero-order valence-corrected chi connectivity index (χ0v) is 20.8. The van der Waals surface area contributed by atoms with Gasteiger partial charge in [0.2, 0.25) is 0 Å². The number of aliphatic imine (C=N–C) groups is 1. The molecular weight excluding hydrogens is 426 g/mol. The van der Waals surface area contributed by atoms with E-state index < -0.39 is 5.97 Å². The first kappa shape index (κ1) is 26.3. The van der Waals surface area contributed by atoms with Crippen molar-refractivity contribution in [2.45, 2.75) is 90.3 Å². The third kappa shape index (κ3) is 7.90. The maximum Gasteiger partial charge on any atom is 0.303 e. The van der Waals surface area contributed by atoms with Crippen molar-refractivity contribution in [3.8, 4) is 0 Å². The van der Waals surface area contributed by atoms with E-state index in [1.54, 1.807) is 0 Å². The summed E-state index contributed by atoms with van der Waals surface area (Å²) in [6.07, 6.45) is 14.2. The van der Waals surface area contributed by atoms with Crippen LogP contribution in [0, 0.1) is 17.8 Å². The van der Waals surface area contributed by atoms with Gasteiger partial charge < -0.3 is 9.84 Å². The Labute approximate surface area is 204 Å². The topological polar surface area (TPSA) is 76.0 Å². The number of benzene rings is 1. The number of Topliss-reactive ketones (excluding diaryl/α,β-unsaturated/α-hetero) is 1. The summed E-state index contributed by atoms with van der Waals surface area (Å²) in [6, 6.07) is 9.91. The van der Waals surface area contributed by atoms with Crippen molar-refractivity contribution in [1.82, 2.24) is 0 Å². The molecule has 1 aromatic rings. The number of unbranched alkanes of at least 4 members (excludes halogenated alkanes) is 2. The standard InChI is InChI=1S/C29H41NO4/c1-21(26(31)20-23-12-6-5-7-13-23)22(2)30-19-11-10-15-25-24(27-17-18-28(25)34-27)14-8-3-4-9-16-29(32)33/h3,5-8,12-13,21,24-25,27-28H,4,9-11,14-20H2,1-2H3,(H,32,33)/t21?,24-,25+,27-,28+/m0/s1. The van der Waals surface area contributed by atoms with Gasteiger partial charge in [0.15, 0.2) is 0 Å². The summed E-state index contributed by atoms with van der Waals surface area (Å²) in [5.41, 5.74) is 2.00. The minimum absolute atomic E-state index is 0.133. The summed E-state index contributed by atoms with van der Waals surface area (Å²) in [7, 11) is 0. The Balaban J connectivity index is 1.37. The summed E-state index contributed by atoms with van der Waals surface area (Å²) in [5, 5.41) is 8.74. The van der Waals surface area contributed by atoms with E-state index in [-0.39, 0.29) is 18.1 Å². The molecule has 2 fully saturated rings. The average Bonchev–Trinajstić information content (AvgIpc) is 3.43. The van der Waals surface area contributed by atoms with Crippen molar-refractivity contribution in [3.05, 3.63) is 48.0 Å². The van der Waals surface area contributed by atoms with Crippen molar-refractivity contribution in [2.24, 2.45) is 22.7 Å². The predicted octanol–water partition coefficient (Wildman–Crippen LogP) is 6.06. The van der Waals surface area contributed by atoms with Gasteiger partial charge in [-0.15, -0.1) is 0 Å². The summed E-state index contributed by atoms with van der Waals surface area (Å²) >= 11 is 0. The molecule has 34 heavy (non-hydrogen) atoms. The van der Waals surface area contributed by atoms with Crippen LogP contribution in [0.5, 0.6) is 0 Å². The third-order valence-electron chi connectivity index (χ3n) is 7.56. The number of carbonyl (C=O) groups excluding carboxylic acids is 1. The number of carboxylic acids is 1. The van der Waals surface area contributed by atoms with Crippen LogP contribution in [0.2, 0.25) is 0 Å². The van der Waals surface area contributed by atoms with Crippen LogP contribution >= 0.6 is 0 Å². The molecule has 5 nitrogen and oxygen atoms in total. The fourth-order valence-electron chi connectivity index (χ4n) is 5.41. The molecule has 0 aromatic heterocycles. The molecule has 0 radical (unpaired) electrons. The third-order valence-corrected chi connectivity index (χ3v) is 7.56. The number of nitrogens with zero attached hydrogens (tertiary/aromatic N) is 1. The van der Waals surface area contributed by atoms with Gasteiger partial charge in [0.25, 0.3) is 0 Å². The lowest BCUT2D eigenvalue weighted by Crippen LogP contribution is -2.26. The van der Waals surface area contributed by atoms with Gasteiger partial charge in [0, 0.05) is 25.1 Å². The molecule has 2 saturated heterocycles. The number of allylic oxidation sites excluding steroid dienone is 2. The van der Waals surface area contributed by atoms with Gasteiger partial charge in [0.05, 0.1) is 18.1 Å². The molecule has 0 saturated carbocycles. The first-order valence-corrected chi connectivity index (χ1v) is 13.1. The molecule has 1 aromatic carbocycles. The monoisotopic (exact) mass is 467 g/mol. The number of hydrogen-bond donors (Lipinski definition) is 1. The fourth-order valence-corrected chi connectivity index (χ4v) is 5.41. The second-order valence-corrected chi connectivity index (χ2v) is 9.98. The van der Waals surface area contributed by atoms with E-state index in [9.17, 15) is 9.59 Å². The largest absolute Gasteiger partial charge is 0.481 e. The Morgan fingerprint density at radius 3 is 2.56 bits per heavy atom. The highest BCUT2D eigenvalue weighted by Crippen LogP contribution is 2.47. The molecular formula is C29H41NO4. The van der Waals surface area contributed by atoms with Crippen molar-refractivity contribution >= 4 is 17.5 Å². The number of ketones is 1. The number of ether oxygens (including phenoxy) is 1. The number of carboxylic acid groups (broad SMARTS) is 1. The Bertz CT molecular complexity index is 847. The molecule has 3 rings (SSSR count). The van der Waals surface area contributed by atoms with E-state index in [0.29, 0.717) is 36.9 Å². The smallest absolute Gasteiger partial charge is 0.303 e. The van der Waals surface area contributed by atoms with Crippen LogP contribution in [0.4, 0.5) is 0 Å². The lowest BCUT2D eigenvalue weighted by atomic mass is 9.75. The SMILES string of the molecule is CC(=NCCCC[C@@H]1[C@H](CC=CCCCC(=O)O)[C@@H]2CC[C@H]1O2)C(C)C(=O)Cc1ccccc1. The van der Waals surface area contributed by atoms with Crippen LogP contribution in [0.15, 0.2) is 47.5 Å². The highest BCUT2D eigenvalue weighted by molar-refractivity contribution is 6.04. The molecule has 5 atom stereocenters. The Kier molecular flexibility index (Phi) is 10.5. The van der Waals surface area contributed by atoms with Crippen LogP contribution in [0.25, 0.3) is 0 Å². The van der Waals surface area contributed by atoms with E-state index in [0.717, 1.165) is 43.5 Å². The van der Waals surface area contributed by atoms with Gasteiger partial charge in [-0.2, -0.15) is 0 Å². The van der Waals surface area contributed by atoms with Crippen LogP contribution < -0.4 is 0 Å². The van der Waals surface area contributed by atoms with Crippen LogP contribution in [-0.4, -0.2) is 41.3 Å². The molecule has 0 spiro atoms. The summed E-state index contributed by atoms with van der Waals surface area (Å²) < 4.78 is 6.23. The predicted molar refractivity (Wildman–Crippen MR) is 136 cm³/mol. The fraction of sp³-hybridized carbons (Fsp3) is 0.621. The van der Waals surface area contributed by atoms with E-state index in [1.807, 2.05) is 44.2 Å². The second-order valence-electron chi connectivity index (χ2n) is 9.98. The van der Waals surface area contributed by atoms with Crippen molar-refractivity contribution < 1.29 is 19.4 Å². The first-order chi connectivity index (χ1) is 16.5. The number of aliphatic carboxylic acids is 1. The van der Waals surface area contributed by atoms with Crippen LogP contribution in [0.1, 0.15) is 77.2 Å². The van der Waals surface area contributed by atoms with E-state index in [1.165, 1.54) is 19.3 Å². The first-order valence-electron chi connectivity index (χ1n) is 13.1. The molecule has 2 aliphatic heterocycles. The minimum Gasteiger partial charge on any atom is -0.481 e. The van der Waals surface area contributed by atoms with Gasteiger partial charge in [-0.1, -0.05) is 55.8 Å². The molecule has 5 heteroatoms. The number of carbonyl (C=O) groups is 2. The Morgan fingerprint density at radius 1 is 1.09 bits per heavy atom. The average molecular weight is 468 g/mol. The molecule has 2 bridgehead atoms. The second kappa shape index (κ2) is 13.6. The Hall–Kier alpha value is -2.27. The quantitative estimate of drug-likeness (QED) is 0.193. The number of fused-ring (bicyclic) bond motifs is 2. The van der Waals surface area contributed by atoms with Crippen LogP contribution in [0.3, 0.4) is 0 Å². The van der Waals surface area contributed by atoms with E-state index >= 15 is 0 Å². The van der Waals surface area contributed by atoms with Gasteiger partial charge in [-0.25, -0.2) is 0 Å². The molecule has 186 valence electrons. The van der Waals surface area contributed by atoms with Crippen molar-refractivity contribution in [1.29, 1.82) is 0 Å². The highest BCUT2D eigenvalue weighted by Gasteiger charge is 2.47. The van der Waals surface area contributed by atoms with Crippen molar-refractivity contribution in [2.75, 3.05) is 6.54 Å². The summed E-state index contributed by atoms with van der Waals surface area (Å²) in [6.45, 7) is 4.73. The summed E-state index contributed by atoms with van der Waals surface area (Å²) in [5.74, 6) is 0.591. The lowest BCUT2D eigenvalue weighted by molar-refractivity contribution is -0.137. The minimum atomic E-state index is -0.720. The molecule has 1 N–H and O–H groups in total. The summed E-state index contributed by atoms with van der Waals surface area (Å²) in [4.78, 5) is 27.9. The van der Waals surface area contributed by atoms with Crippen molar-refractivity contribution in [3.63, 3.8) is 0 Å². The maximum absolute atomic E-state index is 12.6. The van der Waals surface area contributed by atoms with Gasteiger partial charge >= 0.3 is 5.97 Å². The highest BCUT2D eigenvalue weighted by atomic mass is 16.5. The lowest BCUT2D eigenvalue weighted by Gasteiger charge is -2.27. The normalized spacial score (nSPS) is 25.2. The van der Waals surface area contributed by atoms with Gasteiger partial charge in [0.1, 0.15) is 5.78 Å². The van der Waals surface area contributed by atoms with Gasteiger partial charge in [-0.3, -0.25) is 14.6 Å². The van der Waals surface area contributed by atoms with Crippen LogP contribution in [-0.2, 0) is 20.7 Å².